The lowest BCUT2D eigenvalue weighted by Gasteiger charge is -2.11. The minimum absolute atomic E-state index is 0.201. The molecule has 24 heavy (non-hydrogen) atoms. The highest BCUT2D eigenvalue weighted by Gasteiger charge is 2.13. The summed E-state index contributed by atoms with van der Waals surface area (Å²) < 4.78 is 0. The lowest BCUT2D eigenvalue weighted by atomic mass is 9.95. The van der Waals surface area contributed by atoms with Gasteiger partial charge in [0.1, 0.15) is 11.9 Å². The molecule has 1 heterocycles. The number of carbonyl (C=O) groups excluding carboxylic acids is 2. The van der Waals surface area contributed by atoms with Crippen LogP contribution in [0.1, 0.15) is 0 Å². The maximum Gasteiger partial charge on any atom is 0.134 e. The number of para-hydroxylation sites is 1. The number of aromatic nitrogens is 1. The molecule has 0 fully saturated rings. The Balaban J connectivity index is 2.41. The summed E-state index contributed by atoms with van der Waals surface area (Å²) in [5.74, 6) is 3.74. The fourth-order valence-electron chi connectivity index (χ4n) is 3.08. The van der Waals surface area contributed by atoms with E-state index in [1.165, 1.54) is 0 Å². The Morgan fingerprint density at radius 1 is 0.708 bits per heavy atom. The van der Waals surface area contributed by atoms with Crippen molar-refractivity contribution in [3.63, 3.8) is 0 Å². The minimum Gasteiger partial charge on any atom is -0.248 e. The van der Waals surface area contributed by atoms with Gasteiger partial charge >= 0.3 is 0 Å². The molecular formula is C21H11NO2. The van der Waals surface area contributed by atoms with Gasteiger partial charge in [-0.1, -0.05) is 48.5 Å². The summed E-state index contributed by atoms with van der Waals surface area (Å²) in [5, 5.41) is 1.97. The van der Waals surface area contributed by atoms with Crippen LogP contribution in [0.15, 0.2) is 66.7 Å². The monoisotopic (exact) mass is 309 g/mol. The molecule has 0 amide bonds. The van der Waals surface area contributed by atoms with Gasteiger partial charge in [0.2, 0.25) is 0 Å². The van der Waals surface area contributed by atoms with Crippen molar-refractivity contribution in [2.24, 2.45) is 0 Å². The zero-order valence-corrected chi connectivity index (χ0v) is 12.6. The third kappa shape index (κ3) is 2.05. The van der Waals surface area contributed by atoms with E-state index in [9.17, 15) is 9.59 Å². The van der Waals surface area contributed by atoms with Crippen molar-refractivity contribution in [2.75, 3.05) is 0 Å². The second-order valence-corrected chi connectivity index (χ2v) is 5.46. The largest absolute Gasteiger partial charge is 0.248 e. The third-order valence-corrected chi connectivity index (χ3v) is 4.12. The summed E-state index contributed by atoms with van der Waals surface area (Å²) in [4.78, 5) is 27.4. The molecule has 0 saturated heterocycles. The fourth-order valence-corrected chi connectivity index (χ4v) is 3.08. The van der Waals surface area contributed by atoms with E-state index in [2.05, 4.69) is 4.98 Å². The molecule has 0 saturated carbocycles. The van der Waals surface area contributed by atoms with Gasteiger partial charge in [0, 0.05) is 16.3 Å². The first-order valence-electron chi connectivity index (χ1n) is 7.50. The number of benzene rings is 3. The Morgan fingerprint density at radius 2 is 1.46 bits per heavy atom. The lowest BCUT2D eigenvalue weighted by molar-refractivity contribution is 0.564. The number of hydrogen-bond acceptors (Lipinski definition) is 3. The minimum atomic E-state index is 0.201. The molecule has 1 aromatic heterocycles. The van der Waals surface area contributed by atoms with Crippen molar-refractivity contribution in [3.8, 4) is 11.1 Å². The van der Waals surface area contributed by atoms with Gasteiger partial charge in [-0.15, -0.1) is 0 Å². The molecule has 4 rings (SSSR count). The summed E-state index contributed by atoms with van der Waals surface area (Å²) in [6.07, 6.45) is 0. The molecule has 3 nitrogen and oxygen atoms in total. The van der Waals surface area contributed by atoms with Crippen LogP contribution in [0, 0.1) is 0 Å². The second-order valence-electron chi connectivity index (χ2n) is 5.46. The molecule has 0 radical (unpaired) electrons. The Hall–Kier alpha value is -3.51. The molecule has 0 atom stereocenters. The first-order valence-corrected chi connectivity index (χ1v) is 7.50. The van der Waals surface area contributed by atoms with Gasteiger partial charge in [-0.25, -0.2) is 14.6 Å². The molecule has 0 N–H and O–H groups in total. The van der Waals surface area contributed by atoms with Gasteiger partial charge in [0.25, 0.3) is 0 Å². The van der Waals surface area contributed by atoms with Crippen molar-refractivity contribution in [1.82, 2.24) is 4.98 Å². The Bertz CT molecular complexity index is 1250. The Kier molecular flexibility index (Phi) is 3.29. The van der Waals surface area contributed by atoms with Crippen molar-refractivity contribution >= 4 is 33.7 Å². The maximum absolute atomic E-state index is 11.6. The average Bonchev–Trinajstić information content (AvgIpc) is 2.65. The summed E-state index contributed by atoms with van der Waals surface area (Å²) in [5.41, 5.74) is 3.33. The predicted octanol–water partition coefficient (Wildman–Crippen LogP) is 2.06. The molecule has 3 heteroatoms. The van der Waals surface area contributed by atoms with E-state index in [1.54, 1.807) is 12.1 Å². The molecule has 0 aliphatic rings. The Morgan fingerprint density at radius 3 is 2.21 bits per heavy atom. The smallest absolute Gasteiger partial charge is 0.134 e. The first-order chi connectivity index (χ1) is 11.8. The summed E-state index contributed by atoms with van der Waals surface area (Å²) in [7, 11) is 0. The van der Waals surface area contributed by atoms with Crippen LogP contribution in [-0.2, 0) is 9.59 Å². The lowest BCUT2D eigenvalue weighted by Crippen LogP contribution is -2.28. The fraction of sp³-hybridized carbons (Fsp3) is 0. The highest BCUT2D eigenvalue weighted by Crippen LogP contribution is 2.32. The van der Waals surface area contributed by atoms with E-state index in [-0.39, 0.29) is 10.4 Å². The topological polar surface area (TPSA) is 47.0 Å². The van der Waals surface area contributed by atoms with Gasteiger partial charge in [-0.3, -0.25) is 0 Å². The van der Waals surface area contributed by atoms with Gasteiger partial charge in [0.05, 0.1) is 21.5 Å². The number of rotatable bonds is 1. The molecular weight excluding hydrogens is 298 g/mol. The van der Waals surface area contributed by atoms with E-state index in [1.807, 2.05) is 66.5 Å². The van der Waals surface area contributed by atoms with Crippen LogP contribution in [0.5, 0.6) is 0 Å². The maximum atomic E-state index is 11.6. The summed E-state index contributed by atoms with van der Waals surface area (Å²) in [6, 6.07) is 20.8. The number of pyridine rings is 1. The van der Waals surface area contributed by atoms with E-state index in [0.29, 0.717) is 10.9 Å². The van der Waals surface area contributed by atoms with Crippen LogP contribution in [0.25, 0.3) is 32.9 Å². The molecule has 4 aromatic rings. The molecule has 0 aliphatic heterocycles. The quantitative estimate of drug-likeness (QED) is 0.506. The van der Waals surface area contributed by atoms with Gasteiger partial charge < -0.3 is 0 Å². The van der Waals surface area contributed by atoms with E-state index >= 15 is 0 Å². The molecule has 0 aliphatic carbocycles. The predicted molar refractivity (Wildman–Crippen MR) is 93.5 cm³/mol. The van der Waals surface area contributed by atoms with Crippen LogP contribution in [0.4, 0.5) is 0 Å². The third-order valence-electron chi connectivity index (χ3n) is 4.12. The SMILES string of the molecule is O=C=c1ccc2nc3ccccc3c(-c3ccccc3)c2c1=C=O. The standard InChI is InChI=1S/C21H11NO2/c23-12-15-10-11-19-21(17(15)13-24)20(14-6-2-1-3-7-14)16-8-4-5-9-18(16)22-19/h1-11H. The second kappa shape index (κ2) is 5.60. The van der Waals surface area contributed by atoms with E-state index < -0.39 is 0 Å². The van der Waals surface area contributed by atoms with Crippen molar-refractivity contribution < 1.29 is 9.59 Å². The highest BCUT2D eigenvalue weighted by atomic mass is 16.1. The van der Waals surface area contributed by atoms with Crippen LogP contribution >= 0.6 is 0 Å². The Labute approximate surface area is 137 Å². The van der Waals surface area contributed by atoms with Gasteiger partial charge in [-0.2, -0.15) is 0 Å². The number of hydrogen-bond donors (Lipinski definition) is 0. The molecule has 3 aromatic carbocycles. The highest BCUT2D eigenvalue weighted by molar-refractivity contribution is 6.10. The van der Waals surface area contributed by atoms with E-state index in [4.69, 9.17) is 0 Å². The van der Waals surface area contributed by atoms with Crippen LogP contribution < -0.4 is 10.4 Å². The van der Waals surface area contributed by atoms with E-state index in [0.717, 1.165) is 22.0 Å². The summed E-state index contributed by atoms with van der Waals surface area (Å²) in [6.45, 7) is 0. The molecule has 0 bridgehead atoms. The van der Waals surface area contributed by atoms with Crippen molar-refractivity contribution in [2.45, 2.75) is 0 Å². The molecule has 112 valence electrons. The number of nitrogens with zero attached hydrogens (tertiary/aromatic N) is 1. The van der Waals surface area contributed by atoms with Crippen molar-refractivity contribution in [1.29, 1.82) is 0 Å². The van der Waals surface area contributed by atoms with Gasteiger partial charge in [0.15, 0.2) is 0 Å². The van der Waals surface area contributed by atoms with Crippen molar-refractivity contribution in [3.05, 3.63) is 77.2 Å². The molecule has 0 unspecified atom stereocenters. The van der Waals surface area contributed by atoms with Crippen LogP contribution in [0.2, 0.25) is 0 Å². The molecule has 0 spiro atoms. The first kappa shape index (κ1) is 14.1. The van der Waals surface area contributed by atoms with Crippen LogP contribution in [0.3, 0.4) is 0 Å². The zero-order chi connectivity index (χ0) is 16.5. The zero-order valence-electron chi connectivity index (χ0n) is 12.6. The summed E-state index contributed by atoms with van der Waals surface area (Å²) >= 11 is 0. The average molecular weight is 309 g/mol. The number of fused-ring (bicyclic) bond motifs is 2. The van der Waals surface area contributed by atoms with Crippen LogP contribution in [-0.4, -0.2) is 16.9 Å². The van der Waals surface area contributed by atoms with Gasteiger partial charge in [-0.05, 0) is 23.8 Å². The normalized spacial score (nSPS) is 10.5.